The van der Waals surface area contributed by atoms with Crippen molar-refractivity contribution < 1.29 is 14.6 Å². The molecule has 1 fully saturated rings. The van der Waals surface area contributed by atoms with Crippen LogP contribution in [-0.2, 0) is 4.79 Å². The number of rotatable bonds is 4. The van der Waals surface area contributed by atoms with Gasteiger partial charge in [0.15, 0.2) is 0 Å². The van der Waals surface area contributed by atoms with Crippen LogP contribution in [-0.4, -0.2) is 34.2 Å². The lowest BCUT2D eigenvalue weighted by Crippen LogP contribution is -2.29. The highest BCUT2D eigenvalue weighted by atomic mass is 79.9. The minimum Gasteiger partial charge on any atom is -0.481 e. The van der Waals surface area contributed by atoms with Gasteiger partial charge in [-0.25, -0.2) is 4.98 Å². The van der Waals surface area contributed by atoms with E-state index in [2.05, 4.69) is 31.2 Å². The molecule has 6 nitrogen and oxygen atoms in total. The van der Waals surface area contributed by atoms with E-state index in [4.69, 9.17) is 9.84 Å². The van der Waals surface area contributed by atoms with Gasteiger partial charge in [0, 0.05) is 6.04 Å². The molecule has 0 spiro atoms. The number of ether oxygens (including phenoxy) is 1. The normalized spacial score (nSPS) is 22.8. The van der Waals surface area contributed by atoms with Gasteiger partial charge in [-0.2, -0.15) is 4.98 Å². The van der Waals surface area contributed by atoms with Crippen LogP contribution in [0.15, 0.2) is 10.7 Å². The van der Waals surface area contributed by atoms with E-state index in [0.717, 1.165) is 12.8 Å². The number of aliphatic carboxylic acids is 1. The molecule has 1 heterocycles. The Bertz CT molecular complexity index is 462. The third-order valence-corrected chi connectivity index (χ3v) is 3.86. The van der Waals surface area contributed by atoms with Crippen LogP contribution in [0.3, 0.4) is 0 Å². The quantitative estimate of drug-likeness (QED) is 0.881. The molecule has 7 heteroatoms. The Morgan fingerprint density at radius 1 is 1.47 bits per heavy atom. The number of carboxylic acids is 1. The van der Waals surface area contributed by atoms with Crippen LogP contribution >= 0.6 is 15.9 Å². The average Bonchev–Trinajstić information content (AvgIpc) is 2.41. The number of methoxy groups -OCH3 is 1. The van der Waals surface area contributed by atoms with Gasteiger partial charge in [-0.05, 0) is 41.6 Å². The Hall–Kier alpha value is -1.37. The largest absolute Gasteiger partial charge is 0.481 e. The molecule has 1 aliphatic carbocycles. The second-order valence-corrected chi connectivity index (χ2v) is 5.44. The molecule has 0 aliphatic heterocycles. The highest BCUT2D eigenvalue weighted by Gasteiger charge is 2.26. The van der Waals surface area contributed by atoms with Crippen molar-refractivity contribution in [2.45, 2.75) is 31.7 Å². The SMILES string of the molecule is COc1nc(NC2CCC(C(=O)O)CC2)ncc1Br. The molecule has 0 bridgehead atoms. The summed E-state index contributed by atoms with van der Waals surface area (Å²) in [6, 6.07) is 0.224. The molecule has 0 radical (unpaired) electrons. The maximum atomic E-state index is 10.9. The highest BCUT2D eigenvalue weighted by Crippen LogP contribution is 2.27. The molecule has 1 aromatic rings. The Labute approximate surface area is 119 Å². The molecule has 1 saturated carbocycles. The van der Waals surface area contributed by atoms with E-state index in [1.807, 2.05) is 0 Å². The van der Waals surface area contributed by atoms with Crippen LogP contribution in [0.1, 0.15) is 25.7 Å². The lowest BCUT2D eigenvalue weighted by Gasteiger charge is -2.26. The summed E-state index contributed by atoms with van der Waals surface area (Å²) in [5.41, 5.74) is 0. The first-order chi connectivity index (χ1) is 9.10. The summed E-state index contributed by atoms with van der Waals surface area (Å²) in [4.78, 5) is 19.3. The van der Waals surface area contributed by atoms with E-state index in [1.54, 1.807) is 13.3 Å². The van der Waals surface area contributed by atoms with E-state index < -0.39 is 5.97 Å². The number of carbonyl (C=O) groups is 1. The van der Waals surface area contributed by atoms with E-state index in [0.29, 0.717) is 29.1 Å². The first-order valence-electron chi connectivity index (χ1n) is 6.16. The summed E-state index contributed by atoms with van der Waals surface area (Å²) in [6.45, 7) is 0. The molecule has 2 rings (SSSR count). The maximum absolute atomic E-state index is 10.9. The summed E-state index contributed by atoms with van der Waals surface area (Å²) < 4.78 is 5.81. The fourth-order valence-electron chi connectivity index (χ4n) is 2.23. The number of hydrogen-bond donors (Lipinski definition) is 2. The minimum absolute atomic E-state index is 0.210. The number of anilines is 1. The third-order valence-electron chi connectivity index (χ3n) is 3.31. The first-order valence-corrected chi connectivity index (χ1v) is 6.95. The van der Waals surface area contributed by atoms with E-state index in [1.165, 1.54) is 0 Å². The second kappa shape index (κ2) is 6.18. The smallest absolute Gasteiger partial charge is 0.306 e. The van der Waals surface area contributed by atoms with Crippen molar-refractivity contribution in [3.05, 3.63) is 10.7 Å². The summed E-state index contributed by atoms with van der Waals surface area (Å²) in [5.74, 6) is 0.0916. The topological polar surface area (TPSA) is 84.3 Å². The number of nitrogens with one attached hydrogen (secondary N) is 1. The van der Waals surface area contributed by atoms with Crippen LogP contribution in [0.4, 0.5) is 5.95 Å². The molecule has 1 aromatic heterocycles. The first kappa shape index (κ1) is 14.0. The number of halogens is 1. The molecule has 2 N–H and O–H groups in total. The predicted octanol–water partition coefficient (Wildman–Crippen LogP) is 2.30. The number of hydrogen-bond acceptors (Lipinski definition) is 5. The molecular formula is C12H16BrN3O3. The Morgan fingerprint density at radius 2 is 2.16 bits per heavy atom. The van der Waals surface area contributed by atoms with Crippen LogP contribution in [0.25, 0.3) is 0 Å². The maximum Gasteiger partial charge on any atom is 0.306 e. The number of aromatic nitrogens is 2. The van der Waals surface area contributed by atoms with E-state index in [-0.39, 0.29) is 12.0 Å². The van der Waals surface area contributed by atoms with Crippen molar-refractivity contribution in [2.24, 2.45) is 5.92 Å². The number of nitrogens with zero attached hydrogens (tertiary/aromatic N) is 2. The monoisotopic (exact) mass is 329 g/mol. The fraction of sp³-hybridized carbons (Fsp3) is 0.583. The zero-order valence-corrected chi connectivity index (χ0v) is 12.2. The van der Waals surface area contributed by atoms with Crippen molar-refractivity contribution >= 4 is 27.8 Å². The second-order valence-electron chi connectivity index (χ2n) is 4.58. The summed E-state index contributed by atoms with van der Waals surface area (Å²) in [5, 5.41) is 12.2. The van der Waals surface area contributed by atoms with Crippen LogP contribution < -0.4 is 10.1 Å². The van der Waals surface area contributed by atoms with Crippen molar-refractivity contribution in [1.82, 2.24) is 9.97 Å². The van der Waals surface area contributed by atoms with Crippen molar-refractivity contribution in [3.63, 3.8) is 0 Å². The van der Waals surface area contributed by atoms with Crippen molar-refractivity contribution in [2.75, 3.05) is 12.4 Å². The predicted molar refractivity (Wildman–Crippen MR) is 73.3 cm³/mol. The standard InChI is InChI=1S/C12H16BrN3O3/c1-19-10-9(13)6-14-12(16-10)15-8-4-2-7(3-5-8)11(17)18/h6-8H,2-5H2,1H3,(H,17,18)(H,14,15,16). The lowest BCUT2D eigenvalue weighted by atomic mass is 9.86. The zero-order chi connectivity index (χ0) is 13.8. The Kier molecular flexibility index (Phi) is 4.57. The molecule has 0 amide bonds. The molecule has 0 aromatic carbocycles. The van der Waals surface area contributed by atoms with Gasteiger partial charge in [-0.15, -0.1) is 0 Å². The highest BCUT2D eigenvalue weighted by molar-refractivity contribution is 9.10. The fourth-order valence-corrected chi connectivity index (χ4v) is 2.58. The van der Waals surface area contributed by atoms with E-state index >= 15 is 0 Å². The van der Waals surface area contributed by atoms with E-state index in [9.17, 15) is 4.79 Å². The van der Waals surface area contributed by atoms with Crippen LogP contribution in [0.2, 0.25) is 0 Å². The third kappa shape index (κ3) is 3.56. The average molecular weight is 330 g/mol. The molecule has 0 saturated heterocycles. The van der Waals surface area contributed by atoms with Gasteiger partial charge in [-0.3, -0.25) is 4.79 Å². The minimum atomic E-state index is -0.694. The molecule has 19 heavy (non-hydrogen) atoms. The number of carboxylic acid groups (broad SMARTS) is 1. The summed E-state index contributed by atoms with van der Waals surface area (Å²) in [7, 11) is 1.55. The Morgan fingerprint density at radius 3 is 2.74 bits per heavy atom. The van der Waals surface area contributed by atoms with Gasteiger partial charge in [0.05, 0.1) is 23.7 Å². The molecular weight excluding hydrogens is 314 g/mol. The van der Waals surface area contributed by atoms with Crippen molar-refractivity contribution in [3.8, 4) is 5.88 Å². The van der Waals surface area contributed by atoms with Gasteiger partial charge in [-0.1, -0.05) is 0 Å². The summed E-state index contributed by atoms with van der Waals surface area (Å²) >= 11 is 3.30. The zero-order valence-electron chi connectivity index (χ0n) is 10.6. The molecule has 0 atom stereocenters. The van der Waals surface area contributed by atoms with Gasteiger partial charge < -0.3 is 15.2 Å². The van der Waals surface area contributed by atoms with Crippen molar-refractivity contribution in [1.29, 1.82) is 0 Å². The van der Waals surface area contributed by atoms with Gasteiger partial charge in [0.25, 0.3) is 0 Å². The van der Waals surface area contributed by atoms with Crippen LogP contribution in [0.5, 0.6) is 5.88 Å². The molecule has 104 valence electrons. The van der Waals surface area contributed by atoms with Gasteiger partial charge in [0.2, 0.25) is 11.8 Å². The lowest BCUT2D eigenvalue weighted by molar-refractivity contribution is -0.142. The van der Waals surface area contributed by atoms with Gasteiger partial charge >= 0.3 is 5.97 Å². The summed E-state index contributed by atoms with van der Waals surface area (Å²) in [6.07, 6.45) is 4.66. The Balaban J connectivity index is 1.94. The molecule has 1 aliphatic rings. The molecule has 0 unspecified atom stereocenters. The van der Waals surface area contributed by atoms with Crippen LogP contribution in [0, 0.1) is 5.92 Å². The van der Waals surface area contributed by atoms with Gasteiger partial charge in [0.1, 0.15) is 0 Å².